The molecule has 3 heterocycles. The number of aromatic nitrogens is 3. The van der Waals surface area contributed by atoms with Crippen LogP contribution >= 0.6 is 0 Å². The lowest BCUT2D eigenvalue weighted by atomic mass is 10.0. The molecule has 0 saturated carbocycles. The van der Waals surface area contributed by atoms with Crippen LogP contribution in [-0.2, 0) is 0 Å². The summed E-state index contributed by atoms with van der Waals surface area (Å²) < 4.78 is 6.90. The minimum Gasteiger partial charge on any atom is -0.309 e. The van der Waals surface area contributed by atoms with Gasteiger partial charge in [0.15, 0.2) is 0 Å². The molecular formula is C50H29N5. The van der Waals surface area contributed by atoms with Gasteiger partial charge in [-0.25, -0.2) is 0 Å². The average Bonchev–Trinajstić information content (AvgIpc) is 3.88. The monoisotopic (exact) mass is 699 g/mol. The molecule has 0 saturated heterocycles. The first-order valence-corrected chi connectivity index (χ1v) is 18.3. The molecule has 0 spiro atoms. The molecule has 0 fully saturated rings. The van der Waals surface area contributed by atoms with Gasteiger partial charge in [-0.1, -0.05) is 84.9 Å². The lowest BCUT2D eigenvalue weighted by molar-refractivity contribution is 1.16. The summed E-state index contributed by atoms with van der Waals surface area (Å²) in [5, 5.41) is 26.7. The molecule has 0 bridgehead atoms. The van der Waals surface area contributed by atoms with Gasteiger partial charge >= 0.3 is 0 Å². The molecule has 0 aliphatic heterocycles. The Kier molecular flexibility index (Phi) is 6.61. The Labute approximate surface area is 316 Å². The molecule has 8 aromatic carbocycles. The first kappa shape index (κ1) is 30.7. The molecular weight excluding hydrogens is 671 g/mol. The predicted molar refractivity (Wildman–Crippen MR) is 224 cm³/mol. The van der Waals surface area contributed by atoms with Crippen LogP contribution in [-0.4, -0.2) is 13.7 Å². The molecule has 11 aromatic rings. The van der Waals surface area contributed by atoms with Gasteiger partial charge in [0.25, 0.3) is 0 Å². The Morgan fingerprint density at radius 2 is 0.691 bits per heavy atom. The molecule has 0 amide bonds. The van der Waals surface area contributed by atoms with Crippen molar-refractivity contribution in [2.24, 2.45) is 0 Å². The number of fused-ring (bicyclic) bond motifs is 9. The minimum absolute atomic E-state index is 0.358. The third-order valence-corrected chi connectivity index (χ3v) is 11.1. The zero-order chi connectivity index (χ0) is 36.6. The van der Waals surface area contributed by atoms with Crippen molar-refractivity contribution in [1.82, 2.24) is 13.7 Å². The first-order valence-electron chi connectivity index (χ1n) is 18.3. The maximum atomic E-state index is 9.97. The summed E-state index contributed by atoms with van der Waals surface area (Å²) in [5.41, 5.74) is 12.7. The second-order valence-corrected chi connectivity index (χ2v) is 14.0. The third kappa shape index (κ3) is 4.51. The number of para-hydroxylation sites is 4. The number of benzene rings is 8. The summed E-state index contributed by atoms with van der Waals surface area (Å²) >= 11 is 0. The first-order chi connectivity index (χ1) is 27.2. The lowest BCUT2D eigenvalue weighted by Crippen LogP contribution is -1.97. The highest BCUT2D eigenvalue weighted by Crippen LogP contribution is 2.40. The van der Waals surface area contributed by atoms with Crippen molar-refractivity contribution < 1.29 is 0 Å². The Morgan fingerprint density at radius 1 is 0.291 bits per heavy atom. The fourth-order valence-electron chi connectivity index (χ4n) is 8.68. The van der Waals surface area contributed by atoms with Crippen molar-refractivity contribution in [3.63, 3.8) is 0 Å². The summed E-state index contributed by atoms with van der Waals surface area (Å²) in [7, 11) is 0. The maximum Gasteiger partial charge on any atom is 0.101 e. The second-order valence-electron chi connectivity index (χ2n) is 14.0. The van der Waals surface area contributed by atoms with E-state index in [2.05, 4.69) is 184 Å². The lowest BCUT2D eigenvalue weighted by Gasteiger charge is -2.11. The van der Waals surface area contributed by atoms with E-state index in [1.807, 2.05) is 12.1 Å². The quantitative estimate of drug-likeness (QED) is 0.184. The molecule has 254 valence electrons. The highest BCUT2D eigenvalue weighted by Gasteiger charge is 2.19. The fraction of sp³-hybridized carbons (Fsp3) is 0. The average molecular weight is 700 g/mol. The van der Waals surface area contributed by atoms with E-state index in [1.165, 1.54) is 32.6 Å². The van der Waals surface area contributed by atoms with Gasteiger partial charge in [0.2, 0.25) is 0 Å². The molecule has 5 nitrogen and oxygen atoms in total. The van der Waals surface area contributed by atoms with Crippen LogP contribution in [0.2, 0.25) is 0 Å². The van der Waals surface area contributed by atoms with Crippen molar-refractivity contribution in [1.29, 1.82) is 10.5 Å². The van der Waals surface area contributed by atoms with E-state index in [-0.39, 0.29) is 0 Å². The van der Waals surface area contributed by atoms with E-state index in [4.69, 9.17) is 0 Å². The van der Waals surface area contributed by atoms with E-state index < -0.39 is 0 Å². The molecule has 0 aliphatic carbocycles. The van der Waals surface area contributed by atoms with Crippen LogP contribution in [0.25, 0.3) is 93.6 Å². The number of hydrogen-bond donors (Lipinski definition) is 0. The topological polar surface area (TPSA) is 62.4 Å². The molecule has 0 N–H and O–H groups in total. The Balaban J connectivity index is 1.17. The molecule has 0 radical (unpaired) electrons. The van der Waals surface area contributed by atoms with Crippen LogP contribution in [0.15, 0.2) is 176 Å². The molecule has 55 heavy (non-hydrogen) atoms. The second kappa shape index (κ2) is 11.8. The fourth-order valence-corrected chi connectivity index (χ4v) is 8.68. The molecule has 11 rings (SSSR count). The maximum absolute atomic E-state index is 9.97. The van der Waals surface area contributed by atoms with Gasteiger partial charge in [0, 0.05) is 49.4 Å². The number of hydrogen-bond acceptors (Lipinski definition) is 2. The van der Waals surface area contributed by atoms with Crippen LogP contribution < -0.4 is 0 Å². The summed E-state index contributed by atoms with van der Waals surface area (Å²) in [4.78, 5) is 0. The van der Waals surface area contributed by atoms with Crippen LogP contribution in [0.4, 0.5) is 0 Å². The Bertz CT molecular complexity index is 3400. The van der Waals surface area contributed by atoms with Gasteiger partial charge in [-0.05, 0) is 102 Å². The van der Waals surface area contributed by atoms with Crippen molar-refractivity contribution in [2.45, 2.75) is 0 Å². The molecule has 0 atom stereocenters. The number of nitriles is 2. The zero-order valence-electron chi connectivity index (χ0n) is 29.5. The van der Waals surface area contributed by atoms with Gasteiger partial charge in [0.1, 0.15) is 12.1 Å². The molecule has 5 heteroatoms. The largest absolute Gasteiger partial charge is 0.309 e. The van der Waals surface area contributed by atoms with E-state index in [9.17, 15) is 10.5 Å². The van der Waals surface area contributed by atoms with Gasteiger partial charge in [-0.15, -0.1) is 0 Å². The van der Waals surface area contributed by atoms with Crippen molar-refractivity contribution >= 4 is 65.4 Å². The highest BCUT2D eigenvalue weighted by molar-refractivity contribution is 6.14. The summed E-state index contributed by atoms with van der Waals surface area (Å²) in [6, 6.07) is 66.3. The van der Waals surface area contributed by atoms with Gasteiger partial charge in [-0.2, -0.15) is 10.5 Å². The third-order valence-electron chi connectivity index (χ3n) is 11.1. The number of nitrogens with zero attached hydrogens (tertiary/aromatic N) is 5. The van der Waals surface area contributed by atoms with Gasteiger partial charge < -0.3 is 13.7 Å². The van der Waals surface area contributed by atoms with Crippen LogP contribution in [0, 0.1) is 22.7 Å². The minimum atomic E-state index is 0.358. The van der Waals surface area contributed by atoms with Gasteiger partial charge in [-0.3, -0.25) is 0 Å². The standard InChI is InChI=1S/C50H29N5/c51-30-34-18-21-37(26-35(34)31-52)54-49-24-20-33(32-19-23-48-42(27-32)41-14-6-9-17-47(41)53(48)36-10-2-1-3-11-36)28-43(49)44-29-38(22-25-50(44)54)55-45-15-7-4-12-39(45)40-13-5-8-16-46(40)55/h1-29H. The number of rotatable bonds is 4. The predicted octanol–water partition coefficient (Wildman–Crippen LogP) is 12.4. The van der Waals surface area contributed by atoms with E-state index in [0.29, 0.717) is 11.1 Å². The van der Waals surface area contributed by atoms with E-state index >= 15 is 0 Å². The normalized spacial score (nSPS) is 11.6. The van der Waals surface area contributed by atoms with Crippen molar-refractivity contribution in [3.05, 3.63) is 187 Å². The molecule has 0 unspecified atom stereocenters. The van der Waals surface area contributed by atoms with Gasteiger partial charge in [0.05, 0.1) is 44.2 Å². The van der Waals surface area contributed by atoms with Crippen LogP contribution in [0.3, 0.4) is 0 Å². The summed E-state index contributed by atoms with van der Waals surface area (Å²) in [6.45, 7) is 0. The molecule has 3 aromatic heterocycles. The van der Waals surface area contributed by atoms with Crippen molar-refractivity contribution in [2.75, 3.05) is 0 Å². The smallest absolute Gasteiger partial charge is 0.101 e. The van der Waals surface area contributed by atoms with E-state index in [0.717, 1.165) is 61.0 Å². The SMILES string of the molecule is N#Cc1ccc(-n2c3ccc(-c4ccc5c(c4)c4ccccc4n5-c4ccccc4)cc3c3cc(-n4c5ccccc5c5ccccc54)ccc32)cc1C#N. The Morgan fingerprint density at radius 3 is 1.25 bits per heavy atom. The van der Waals surface area contributed by atoms with E-state index in [1.54, 1.807) is 6.07 Å². The zero-order valence-corrected chi connectivity index (χ0v) is 29.5. The van der Waals surface area contributed by atoms with Crippen LogP contribution in [0.5, 0.6) is 0 Å². The highest BCUT2D eigenvalue weighted by atomic mass is 15.0. The van der Waals surface area contributed by atoms with Crippen molar-refractivity contribution in [3.8, 4) is 40.3 Å². The Hall–Kier alpha value is -7.86. The molecule has 0 aliphatic rings. The summed E-state index contributed by atoms with van der Waals surface area (Å²) in [6.07, 6.45) is 0. The summed E-state index contributed by atoms with van der Waals surface area (Å²) in [5.74, 6) is 0. The van der Waals surface area contributed by atoms with Crippen LogP contribution in [0.1, 0.15) is 11.1 Å².